The quantitative estimate of drug-likeness (QED) is 0.597. The highest BCUT2D eigenvalue weighted by atomic mass is 32.1. The smallest absolute Gasteiger partial charge is 0.181 e. The predicted octanol–water partition coefficient (Wildman–Crippen LogP) is 3.60. The molecule has 3 N–H and O–H groups in total. The summed E-state index contributed by atoms with van der Waals surface area (Å²) in [6, 6.07) is 10.7. The number of rotatable bonds is 4. The van der Waals surface area contributed by atoms with Crippen molar-refractivity contribution in [2.24, 2.45) is 5.73 Å². The van der Waals surface area contributed by atoms with E-state index >= 15 is 0 Å². The second kappa shape index (κ2) is 5.89. The van der Waals surface area contributed by atoms with E-state index in [2.05, 4.69) is 58.9 Å². The normalized spacial score (nSPS) is 11.5. The van der Waals surface area contributed by atoms with Gasteiger partial charge >= 0.3 is 0 Å². The van der Waals surface area contributed by atoms with Crippen LogP contribution >= 0.6 is 11.3 Å². The fraction of sp³-hybridized carbons (Fsp3) is 0.222. The van der Waals surface area contributed by atoms with Crippen LogP contribution in [0.3, 0.4) is 0 Å². The minimum Gasteiger partial charge on any atom is -0.366 e. The Morgan fingerprint density at radius 1 is 1.25 bits per heavy atom. The Morgan fingerprint density at radius 3 is 2.92 bits per heavy atom. The Morgan fingerprint density at radius 2 is 2.12 bits per heavy atom. The molecular weight excluding hydrogens is 318 g/mol. The van der Waals surface area contributed by atoms with Gasteiger partial charge in [0.1, 0.15) is 10.3 Å². The summed E-state index contributed by atoms with van der Waals surface area (Å²) in [5, 5.41) is 3.29. The van der Waals surface area contributed by atoms with E-state index in [1.807, 2.05) is 6.20 Å². The van der Waals surface area contributed by atoms with E-state index in [1.54, 1.807) is 11.3 Å². The summed E-state index contributed by atoms with van der Waals surface area (Å²) < 4.78 is 2.17. The second-order valence-electron chi connectivity index (χ2n) is 5.90. The standard InChI is InChI=1S/C18H19N5S/c1-11-4-3-5-13(8-11)15-9-14-18(24-15)23-12(2)10-21-17(23)16(22-14)20-7-6-19/h3-5,8-10H,6-7,19H2,1-2H3,(H,20,22). The van der Waals surface area contributed by atoms with Crippen LogP contribution in [0.25, 0.3) is 26.4 Å². The van der Waals surface area contributed by atoms with Gasteiger partial charge in [0.15, 0.2) is 11.5 Å². The van der Waals surface area contributed by atoms with Gasteiger partial charge in [0.05, 0.1) is 0 Å². The molecule has 0 fully saturated rings. The molecule has 0 amide bonds. The van der Waals surface area contributed by atoms with E-state index in [9.17, 15) is 0 Å². The zero-order valence-corrected chi connectivity index (χ0v) is 14.5. The van der Waals surface area contributed by atoms with Crippen LogP contribution < -0.4 is 11.1 Å². The average molecular weight is 337 g/mol. The number of nitrogens with two attached hydrogens (primary N) is 1. The number of hydrogen-bond acceptors (Lipinski definition) is 5. The van der Waals surface area contributed by atoms with Crippen molar-refractivity contribution < 1.29 is 0 Å². The molecule has 0 unspecified atom stereocenters. The minimum absolute atomic E-state index is 0.559. The predicted molar refractivity (Wildman–Crippen MR) is 101 cm³/mol. The molecule has 122 valence electrons. The van der Waals surface area contributed by atoms with Crippen LogP contribution in [0.15, 0.2) is 36.5 Å². The third-order valence-electron chi connectivity index (χ3n) is 4.02. The molecule has 0 atom stereocenters. The molecular formula is C18H19N5S. The summed E-state index contributed by atoms with van der Waals surface area (Å²) in [6.45, 7) is 5.42. The molecule has 0 aliphatic carbocycles. The van der Waals surface area contributed by atoms with Crippen molar-refractivity contribution in [2.45, 2.75) is 13.8 Å². The summed E-state index contributed by atoms with van der Waals surface area (Å²) in [4.78, 5) is 11.6. The highest BCUT2D eigenvalue weighted by Crippen LogP contribution is 2.35. The minimum atomic E-state index is 0.559. The summed E-state index contributed by atoms with van der Waals surface area (Å²) in [6.07, 6.45) is 1.89. The monoisotopic (exact) mass is 337 g/mol. The van der Waals surface area contributed by atoms with Gasteiger partial charge in [0.2, 0.25) is 0 Å². The number of fused-ring (bicyclic) bond motifs is 3. The summed E-state index contributed by atoms with van der Waals surface area (Å²) in [7, 11) is 0. The molecule has 0 aliphatic rings. The first-order valence-electron chi connectivity index (χ1n) is 7.96. The third kappa shape index (κ3) is 2.44. The van der Waals surface area contributed by atoms with Gasteiger partial charge in [-0.05, 0) is 25.5 Å². The number of anilines is 1. The number of aromatic nitrogens is 3. The van der Waals surface area contributed by atoms with Crippen molar-refractivity contribution in [1.29, 1.82) is 0 Å². The van der Waals surface area contributed by atoms with E-state index in [1.165, 1.54) is 16.0 Å². The SMILES string of the molecule is Cc1cccc(-c2cc3nc(NCCN)c4ncc(C)n4c3s2)c1. The van der Waals surface area contributed by atoms with Gasteiger partial charge in [-0.3, -0.25) is 4.40 Å². The molecule has 24 heavy (non-hydrogen) atoms. The average Bonchev–Trinajstić information content (AvgIpc) is 3.16. The zero-order chi connectivity index (χ0) is 16.7. The number of thiophene rings is 1. The molecule has 0 bridgehead atoms. The van der Waals surface area contributed by atoms with Crippen LogP contribution in [0.2, 0.25) is 0 Å². The topological polar surface area (TPSA) is 68.2 Å². The van der Waals surface area contributed by atoms with Crippen LogP contribution in [0, 0.1) is 13.8 Å². The van der Waals surface area contributed by atoms with E-state index in [0.717, 1.165) is 27.5 Å². The Labute approximate surface area is 144 Å². The van der Waals surface area contributed by atoms with Crippen molar-refractivity contribution in [3.8, 4) is 10.4 Å². The van der Waals surface area contributed by atoms with Gasteiger partial charge in [-0.15, -0.1) is 11.3 Å². The van der Waals surface area contributed by atoms with Crippen molar-refractivity contribution in [3.63, 3.8) is 0 Å². The maximum Gasteiger partial charge on any atom is 0.181 e. The molecule has 3 heterocycles. The number of benzene rings is 1. The molecule has 4 aromatic rings. The van der Waals surface area contributed by atoms with Crippen LogP contribution in [0.4, 0.5) is 5.82 Å². The molecule has 4 rings (SSSR count). The van der Waals surface area contributed by atoms with Gasteiger partial charge in [-0.1, -0.05) is 29.8 Å². The van der Waals surface area contributed by atoms with Gasteiger partial charge in [0.25, 0.3) is 0 Å². The fourth-order valence-electron chi connectivity index (χ4n) is 2.89. The molecule has 0 aliphatic heterocycles. The maximum atomic E-state index is 5.62. The Bertz CT molecular complexity index is 1030. The molecule has 0 saturated carbocycles. The third-order valence-corrected chi connectivity index (χ3v) is 5.18. The van der Waals surface area contributed by atoms with Crippen LogP contribution in [-0.2, 0) is 0 Å². The van der Waals surface area contributed by atoms with Crippen molar-refractivity contribution in [3.05, 3.63) is 47.8 Å². The van der Waals surface area contributed by atoms with Crippen molar-refractivity contribution in [2.75, 3.05) is 18.4 Å². The van der Waals surface area contributed by atoms with Crippen LogP contribution in [0.5, 0.6) is 0 Å². The number of nitrogens with one attached hydrogen (secondary N) is 1. The van der Waals surface area contributed by atoms with E-state index < -0.39 is 0 Å². The lowest BCUT2D eigenvalue weighted by Crippen LogP contribution is -2.14. The molecule has 3 aromatic heterocycles. The van der Waals surface area contributed by atoms with Gasteiger partial charge < -0.3 is 11.1 Å². The van der Waals surface area contributed by atoms with E-state index in [0.29, 0.717) is 13.1 Å². The Balaban J connectivity index is 1.95. The number of imidazole rings is 1. The maximum absolute atomic E-state index is 5.62. The summed E-state index contributed by atoms with van der Waals surface area (Å²) in [5.41, 5.74) is 11.0. The number of nitrogens with zero attached hydrogens (tertiary/aromatic N) is 3. The van der Waals surface area contributed by atoms with E-state index in [4.69, 9.17) is 10.7 Å². The van der Waals surface area contributed by atoms with Crippen molar-refractivity contribution in [1.82, 2.24) is 14.4 Å². The second-order valence-corrected chi connectivity index (χ2v) is 6.94. The van der Waals surface area contributed by atoms with Crippen molar-refractivity contribution >= 4 is 33.1 Å². The first kappa shape index (κ1) is 15.1. The molecule has 0 saturated heterocycles. The molecule has 6 heteroatoms. The molecule has 5 nitrogen and oxygen atoms in total. The highest BCUT2D eigenvalue weighted by molar-refractivity contribution is 7.21. The molecule has 0 radical (unpaired) electrons. The Kier molecular flexibility index (Phi) is 3.70. The summed E-state index contributed by atoms with van der Waals surface area (Å²) in [5.74, 6) is 0.787. The lowest BCUT2D eigenvalue weighted by Gasteiger charge is -2.07. The lowest BCUT2D eigenvalue weighted by molar-refractivity contribution is 1.01. The van der Waals surface area contributed by atoms with Gasteiger partial charge in [-0.25, -0.2) is 9.97 Å². The number of aryl methyl sites for hydroxylation is 2. The first-order chi connectivity index (χ1) is 11.7. The van der Waals surface area contributed by atoms with Crippen LogP contribution in [-0.4, -0.2) is 27.5 Å². The first-order valence-corrected chi connectivity index (χ1v) is 8.77. The van der Waals surface area contributed by atoms with E-state index in [-0.39, 0.29) is 0 Å². The highest BCUT2D eigenvalue weighted by Gasteiger charge is 2.15. The molecule has 0 spiro atoms. The fourth-order valence-corrected chi connectivity index (χ4v) is 4.05. The lowest BCUT2D eigenvalue weighted by atomic mass is 10.1. The molecule has 1 aromatic carbocycles. The van der Waals surface area contributed by atoms with Crippen LogP contribution in [0.1, 0.15) is 11.3 Å². The summed E-state index contributed by atoms with van der Waals surface area (Å²) >= 11 is 1.75. The van der Waals surface area contributed by atoms with Gasteiger partial charge in [-0.2, -0.15) is 0 Å². The van der Waals surface area contributed by atoms with Gasteiger partial charge in [0, 0.05) is 29.9 Å². The Hall–Kier alpha value is -2.44. The zero-order valence-electron chi connectivity index (χ0n) is 13.7. The largest absolute Gasteiger partial charge is 0.366 e. The number of hydrogen-bond donors (Lipinski definition) is 2.